The lowest BCUT2D eigenvalue weighted by Gasteiger charge is -2.53. The maximum absolute atomic E-state index is 13.8. The summed E-state index contributed by atoms with van der Waals surface area (Å²) in [4.78, 5) is 33.3. The lowest BCUT2D eigenvalue weighted by molar-refractivity contribution is -0.136. The first-order valence-electron chi connectivity index (χ1n) is 13.7. The Hall–Kier alpha value is -3.65. The Morgan fingerprint density at radius 2 is 1.61 bits per heavy atom. The summed E-state index contributed by atoms with van der Waals surface area (Å²) < 4.78 is 1.54. The number of urea groups is 1. The van der Waals surface area contributed by atoms with Crippen LogP contribution in [0.25, 0.3) is 11.3 Å². The SMILES string of the molecule is O=C(N1CCC(O)(Cn2cnc(-c3ccccc3)cc2=O)C2(CCCC2)C1)N1CCCN1c1ccccc1. The Labute approximate surface area is 223 Å². The fraction of sp³-hybridized carbons (Fsp3) is 0.433. The van der Waals surface area contributed by atoms with Crippen LogP contribution in [0, 0.1) is 5.41 Å². The molecule has 3 aromatic rings. The van der Waals surface area contributed by atoms with E-state index in [4.69, 9.17) is 0 Å². The summed E-state index contributed by atoms with van der Waals surface area (Å²) in [5.74, 6) is 0. The van der Waals surface area contributed by atoms with E-state index in [1.165, 1.54) is 0 Å². The quantitative estimate of drug-likeness (QED) is 0.567. The van der Waals surface area contributed by atoms with Gasteiger partial charge in [0.25, 0.3) is 5.56 Å². The molecule has 3 heterocycles. The molecule has 38 heavy (non-hydrogen) atoms. The van der Waals surface area contributed by atoms with Gasteiger partial charge in [0.15, 0.2) is 0 Å². The molecule has 1 aromatic heterocycles. The highest BCUT2D eigenvalue weighted by Gasteiger charge is 2.56. The molecule has 0 bridgehead atoms. The molecule has 1 atom stereocenters. The topological polar surface area (TPSA) is 81.9 Å². The van der Waals surface area contributed by atoms with E-state index in [2.05, 4.69) is 9.99 Å². The van der Waals surface area contributed by atoms with Crippen LogP contribution in [0.15, 0.2) is 77.9 Å². The van der Waals surface area contributed by atoms with Gasteiger partial charge in [-0.2, -0.15) is 0 Å². The highest BCUT2D eigenvalue weighted by molar-refractivity contribution is 5.77. The number of carbonyl (C=O) groups is 1. The fourth-order valence-corrected chi connectivity index (χ4v) is 6.70. The normalized spacial score (nSPS) is 22.8. The van der Waals surface area contributed by atoms with Crippen molar-refractivity contribution < 1.29 is 9.90 Å². The smallest absolute Gasteiger partial charge is 0.338 e. The number of aliphatic hydroxyl groups is 1. The van der Waals surface area contributed by atoms with Gasteiger partial charge in [0, 0.05) is 43.2 Å². The van der Waals surface area contributed by atoms with Crippen LogP contribution in [-0.4, -0.2) is 62.4 Å². The van der Waals surface area contributed by atoms with E-state index < -0.39 is 11.0 Å². The van der Waals surface area contributed by atoms with Gasteiger partial charge in [0.1, 0.15) is 0 Å². The average molecular weight is 514 g/mol. The minimum absolute atomic E-state index is 0.00530. The molecule has 8 heteroatoms. The van der Waals surface area contributed by atoms with Crippen molar-refractivity contribution in [2.24, 2.45) is 5.41 Å². The molecule has 1 N–H and O–H groups in total. The number of amides is 2. The molecule has 1 unspecified atom stereocenters. The van der Waals surface area contributed by atoms with Gasteiger partial charge in [-0.3, -0.25) is 14.4 Å². The predicted octanol–water partition coefficient (Wildman–Crippen LogP) is 4.15. The van der Waals surface area contributed by atoms with Crippen LogP contribution in [0.5, 0.6) is 0 Å². The molecule has 8 nitrogen and oxygen atoms in total. The van der Waals surface area contributed by atoms with Gasteiger partial charge in [0.05, 0.1) is 29.9 Å². The summed E-state index contributed by atoms with van der Waals surface area (Å²) in [5.41, 5.74) is 0.854. The van der Waals surface area contributed by atoms with Gasteiger partial charge in [-0.15, -0.1) is 0 Å². The molecule has 3 fully saturated rings. The Morgan fingerprint density at radius 3 is 2.32 bits per heavy atom. The molecule has 2 aromatic carbocycles. The number of benzene rings is 2. The summed E-state index contributed by atoms with van der Waals surface area (Å²) in [7, 11) is 0. The number of nitrogens with zero attached hydrogens (tertiary/aromatic N) is 5. The molecular formula is C30H35N5O3. The molecule has 1 aliphatic carbocycles. The molecule has 2 saturated heterocycles. The van der Waals surface area contributed by atoms with E-state index in [9.17, 15) is 14.7 Å². The molecule has 198 valence electrons. The predicted molar refractivity (Wildman–Crippen MR) is 146 cm³/mol. The average Bonchev–Trinajstić information content (AvgIpc) is 3.63. The summed E-state index contributed by atoms with van der Waals surface area (Å²) in [6.07, 6.45) is 6.66. The van der Waals surface area contributed by atoms with Crippen molar-refractivity contribution in [3.05, 3.63) is 83.4 Å². The molecule has 0 radical (unpaired) electrons. The Bertz CT molecular complexity index is 1340. The van der Waals surface area contributed by atoms with E-state index >= 15 is 0 Å². The van der Waals surface area contributed by atoms with Crippen molar-refractivity contribution in [2.45, 2.75) is 50.7 Å². The van der Waals surface area contributed by atoms with Crippen molar-refractivity contribution in [1.82, 2.24) is 19.5 Å². The van der Waals surface area contributed by atoms with Crippen molar-refractivity contribution in [3.63, 3.8) is 0 Å². The number of rotatable bonds is 4. The second-order valence-electron chi connectivity index (χ2n) is 11.0. The van der Waals surface area contributed by atoms with Gasteiger partial charge >= 0.3 is 6.03 Å². The van der Waals surface area contributed by atoms with E-state index in [-0.39, 0.29) is 18.1 Å². The minimum Gasteiger partial charge on any atom is -0.387 e. The number of piperidine rings is 1. The first-order chi connectivity index (χ1) is 18.5. The Morgan fingerprint density at radius 1 is 0.895 bits per heavy atom. The first-order valence-corrected chi connectivity index (χ1v) is 13.7. The number of anilines is 1. The van der Waals surface area contributed by atoms with Crippen LogP contribution in [0.4, 0.5) is 10.5 Å². The third-order valence-electron chi connectivity index (χ3n) is 8.79. The van der Waals surface area contributed by atoms with Crippen molar-refractivity contribution in [1.29, 1.82) is 0 Å². The zero-order valence-corrected chi connectivity index (χ0v) is 21.7. The number of hydrogen-bond donors (Lipinski definition) is 1. The number of likely N-dealkylation sites (tertiary alicyclic amines) is 1. The standard InChI is InChI=1S/C30H35N5O3/c36-27-20-26(24-10-3-1-4-11-24)31-23-33(27)22-30(38)16-19-32(21-29(30)14-7-8-15-29)28(37)35-18-9-17-34(35)25-12-5-2-6-13-25/h1-6,10-13,20,23,38H,7-9,14-19,21-22H2. The van der Waals surface area contributed by atoms with E-state index in [1.807, 2.05) is 70.6 Å². The van der Waals surface area contributed by atoms with Gasteiger partial charge in [0.2, 0.25) is 0 Å². The third kappa shape index (κ3) is 4.36. The number of hydrazine groups is 1. The molecule has 6 rings (SSSR count). The number of hydrogen-bond acceptors (Lipinski definition) is 5. The maximum atomic E-state index is 13.8. The van der Waals surface area contributed by atoms with Crippen molar-refractivity contribution in [2.75, 3.05) is 31.2 Å². The number of para-hydroxylation sites is 1. The van der Waals surface area contributed by atoms with Crippen LogP contribution in [0.2, 0.25) is 0 Å². The lowest BCUT2D eigenvalue weighted by atomic mass is 9.66. The summed E-state index contributed by atoms with van der Waals surface area (Å²) >= 11 is 0. The molecular weight excluding hydrogens is 478 g/mol. The van der Waals surface area contributed by atoms with Gasteiger partial charge in [-0.05, 0) is 37.8 Å². The Balaban J connectivity index is 1.22. The molecule has 1 saturated carbocycles. The molecule has 3 aliphatic rings. The summed E-state index contributed by atoms with van der Waals surface area (Å²) in [6.45, 7) is 2.66. The van der Waals surface area contributed by atoms with E-state index in [0.717, 1.165) is 49.9 Å². The second-order valence-corrected chi connectivity index (χ2v) is 11.0. The van der Waals surface area contributed by atoms with Crippen molar-refractivity contribution >= 4 is 11.7 Å². The molecule has 2 amide bonds. The van der Waals surface area contributed by atoms with Crippen LogP contribution >= 0.6 is 0 Å². The monoisotopic (exact) mass is 513 g/mol. The largest absolute Gasteiger partial charge is 0.387 e. The molecule has 2 aliphatic heterocycles. The molecule has 1 spiro atoms. The highest BCUT2D eigenvalue weighted by atomic mass is 16.3. The zero-order chi connectivity index (χ0) is 26.2. The van der Waals surface area contributed by atoms with E-state index in [0.29, 0.717) is 31.7 Å². The highest BCUT2D eigenvalue weighted by Crippen LogP contribution is 2.51. The lowest BCUT2D eigenvalue weighted by Crippen LogP contribution is -2.64. The summed E-state index contributed by atoms with van der Waals surface area (Å²) in [6, 6.07) is 21.2. The van der Waals surface area contributed by atoms with Gasteiger partial charge in [-0.25, -0.2) is 14.8 Å². The van der Waals surface area contributed by atoms with Crippen LogP contribution < -0.4 is 10.6 Å². The zero-order valence-electron chi connectivity index (χ0n) is 21.7. The first kappa shape index (κ1) is 24.7. The third-order valence-corrected chi connectivity index (χ3v) is 8.79. The second kappa shape index (κ2) is 9.91. The number of carbonyl (C=O) groups excluding carboxylic acids is 1. The maximum Gasteiger partial charge on any atom is 0.338 e. The minimum atomic E-state index is -1.08. The van der Waals surface area contributed by atoms with Gasteiger partial charge in [-0.1, -0.05) is 61.4 Å². The van der Waals surface area contributed by atoms with Crippen LogP contribution in [-0.2, 0) is 6.54 Å². The fourth-order valence-electron chi connectivity index (χ4n) is 6.70. The van der Waals surface area contributed by atoms with Gasteiger partial charge < -0.3 is 10.0 Å². The van der Waals surface area contributed by atoms with Crippen molar-refractivity contribution in [3.8, 4) is 11.3 Å². The van der Waals surface area contributed by atoms with E-state index in [1.54, 1.807) is 17.0 Å². The van der Waals surface area contributed by atoms with Crippen LogP contribution in [0.1, 0.15) is 38.5 Å². The number of aromatic nitrogens is 2. The Kier molecular flexibility index (Phi) is 6.43. The van der Waals surface area contributed by atoms with Crippen LogP contribution in [0.3, 0.4) is 0 Å². The summed E-state index contributed by atoms with van der Waals surface area (Å²) in [5, 5.41) is 16.1.